The number of allylic oxidation sites excluding steroid dienone is 3. The maximum atomic E-state index is 13.5. The number of aliphatic carboxylic acids is 2. The first-order chi connectivity index (χ1) is 39.2. The van der Waals surface area contributed by atoms with E-state index in [0.717, 1.165) is 46.1 Å². The van der Waals surface area contributed by atoms with Gasteiger partial charge in [0.1, 0.15) is 6.04 Å². The Bertz CT molecular complexity index is 3790. The number of nitrogens with zero attached hydrogens (tertiary/aromatic N) is 5. The number of H-pyrrole nitrogens is 3. The second-order valence-electron chi connectivity index (χ2n) is 20.5. The lowest BCUT2D eigenvalue weighted by Gasteiger charge is -2.18. The second kappa shape index (κ2) is 25.7. The van der Waals surface area contributed by atoms with Crippen molar-refractivity contribution in [1.82, 2.24) is 55.8 Å². The molecule has 6 aromatic rings. The van der Waals surface area contributed by atoms with Crippen LogP contribution in [0, 0.1) is 13.8 Å². The van der Waals surface area contributed by atoms with Crippen molar-refractivity contribution in [3.8, 4) is 0 Å². The average Bonchev–Trinajstić information content (AvgIpc) is 3.08. The van der Waals surface area contributed by atoms with Crippen LogP contribution >= 0.6 is 0 Å². The molecule has 0 saturated carbocycles. The highest BCUT2D eigenvalue weighted by molar-refractivity contribution is 6.03. The van der Waals surface area contributed by atoms with Crippen LogP contribution in [0.2, 0.25) is 0 Å². The van der Waals surface area contributed by atoms with E-state index in [1.807, 2.05) is 45.9 Å². The van der Waals surface area contributed by atoms with Crippen molar-refractivity contribution in [1.29, 1.82) is 0 Å². The van der Waals surface area contributed by atoms with E-state index in [2.05, 4.69) is 57.7 Å². The minimum Gasteiger partial charge on any atom is -0.481 e. The smallest absolute Gasteiger partial charge is 0.338 e. The standard InChI is InChI=1S/C59H67N13O10/c1-7-36-29(3)41-24-43-31(5)38(51(68-43)39(23-49(75)76)52-50(58(81)82)32(6)44(69-52)26-46-37(8-2)30(4)42(67-46)25-45(36)66-41)17-19-47(73)61-21-11-9-10-12-22-62-48(74)20-18-40(57(79)80)70-55(77)33-13-15-34(16-14-33)63-27-35-28-64-54-53(65-35)56(78)72-59(60)71-54/h7,13-16,24-26,28,31,38,40,63,67,69H,1,8-12,17-23,27H2,2-6H3,(H,61,73)(H,62,74)(H,70,77)(H,75,76)(H,79,80)(H,81,82)(H3,60,64,71,72,78). The van der Waals surface area contributed by atoms with Gasteiger partial charge in [0.25, 0.3) is 11.5 Å². The fourth-order valence-corrected chi connectivity index (χ4v) is 10.5. The van der Waals surface area contributed by atoms with Crippen molar-refractivity contribution in [3.63, 3.8) is 0 Å². The Balaban J connectivity index is 0.828. The highest BCUT2D eigenvalue weighted by Crippen LogP contribution is 2.43. The fraction of sp³-hybridized carbons (Fsp3) is 0.356. The number of nitrogens with one attached hydrogen (secondary N) is 7. The summed E-state index contributed by atoms with van der Waals surface area (Å²) >= 11 is 0. The number of aryl methyl sites for hydroxylation is 3. The molecule has 428 valence electrons. The van der Waals surface area contributed by atoms with Gasteiger partial charge >= 0.3 is 17.9 Å². The molecule has 0 fully saturated rings. The number of carboxylic acid groups (broad SMARTS) is 3. The summed E-state index contributed by atoms with van der Waals surface area (Å²) in [6, 6.07) is 10.7. The lowest BCUT2D eigenvalue weighted by Crippen LogP contribution is -2.41. The first kappa shape index (κ1) is 58.6. The molecule has 0 aliphatic carbocycles. The van der Waals surface area contributed by atoms with E-state index < -0.39 is 47.8 Å². The summed E-state index contributed by atoms with van der Waals surface area (Å²) in [6.45, 7) is 14.7. The summed E-state index contributed by atoms with van der Waals surface area (Å²) in [6.07, 6.45) is 6.31. The quantitative estimate of drug-likeness (QED) is 0.0265. The molecular formula is C59H67N13O10. The third kappa shape index (κ3) is 13.4. The minimum absolute atomic E-state index is 0.0382. The van der Waals surface area contributed by atoms with E-state index in [-0.39, 0.29) is 82.9 Å². The van der Waals surface area contributed by atoms with Gasteiger partial charge in [0.15, 0.2) is 11.2 Å². The zero-order chi connectivity index (χ0) is 58.9. The van der Waals surface area contributed by atoms with E-state index in [9.17, 15) is 48.9 Å². The van der Waals surface area contributed by atoms with Gasteiger partial charge in [0, 0.05) is 82.4 Å². The van der Waals surface area contributed by atoms with E-state index in [1.54, 1.807) is 25.1 Å². The van der Waals surface area contributed by atoms with Gasteiger partial charge in [0.05, 0.1) is 53.0 Å². The predicted octanol–water partition coefficient (Wildman–Crippen LogP) is 7.28. The molecule has 5 aromatic heterocycles. The van der Waals surface area contributed by atoms with E-state index in [1.165, 1.54) is 18.3 Å². The van der Waals surface area contributed by atoms with Crippen LogP contribution < -0.4 is 32.6 Å². The first-order valence-electron chi connectivity index (χ1n) is 27.2. The number of carboxylic acids is 3. The highest BCUT2D eigenvalue weighted by atomic mass is 16.4. The molecule has 82 heavy (non-hydrogen) atoms. The van der Waals surface area contributed by atoms with Crippen molar-refractivity contribution in [2.45, 2.75) is 123 Å². The lowest BCUT2D eigenvalue weighted by atomic mass is 9.84. The zero-order valence-electron chi connectivity index (χ0n) is 46.3. The van der Waals surface area contributed by atoms with Gasteiger partial charge in [-0.25, -0.2) is 24.5 Å². The Kier molecular flexibility index (Phi) is 18.4. The molecule has 2 aliphatic rings. The SMILES string of the molecule is C=CC1=C(C)c2cc3nc(c(CC(=O)O)c4[nH]c(cc5[nH]c(cc1n2)c(C)c5CC)c(C)c4C(=O)O)C(CCC(=O)NCCCCCCNC(=O)CCC(NC(=O)c1ccc(NCc2cnc4nc(N)[nH]c(=O)c4n2)cc1)C(=O)O)C3C. The number of amides is 3. The number of rotatable bonds is 24. The second-order valence-corrected chi connectivity index (χ2v) is 20.5. The number of carbonyl (C=O) groups is 6. The number of aromatic carboxylic acids is 1. The van der Waals surface area contributed by atoms with Gasteiger partial charge in [0.2, 0.25) is 17.8 Å². The third-order valence-electron chi connectivity index (χ3n) is 15.1. The number of anilines is 2. The topological polar surface area (TPSA) is 366 Å². The molecule has 3 atom stereocenters. The molecule has 23 nitrogen and oxygen atoms in total. The summed E-state index contributed by atoms with van der Waals surface area (Å²) < 4.78 is 0. The Morgan fingerprint density at radius 3 is 2.16 bits per heavy atom. The largest absolute Gasteiger partial charge is 0.481 e. The number of aromatic amines is 3. The van der Waals surface area contributed by atoms with Crippen molar-refractivity contribution in [3.05, 3.63) is 134 Å². The monoisotopic (exact) mass is 1120 g/mol. The number of aromatic nitrogens is 8. The molecule has 8 rings (SSSR count). The van der Waals surface area contributed by atoms with Crippen molar-refractivity contribution in [2.24, 2.45) is 0 Å². The Hall–Kier alpha value is -9.54. The molecule has 1 aromatic carbocycles. The van der Waals surface area contributed by atoms with Crippen LogP contribution in [-0.4, -0.2) is 110 Å². The number of carbonyl (C=O) groups excluding carboxylic acids is 3. The Morgan fingerprint density at radius 1 is 0.805 bits per heavy atom. The first-order valence-corrected chi connectivity index (χ1v) is 27.2. The average molecular weight is 1120 g/mol. The zero-order valence-corrected chi connectivity index (χ0v) is 46.3. The summed E-state index contributed by atoms with van der Waals surface area (Å²) in [7, 11) is 0. The van der Waals surface area contributed by atoms with Crippen LogP contribution in [0.5, 0.6) is 0 Å². The molecule has 3 amide bonds. The number of nitrogen functional groups attached to an aromatic ring is 1. The number of hydrogen-bond acceptors (Lipinski definition) is 14. The van der Waals surface area contributed by atoms with Crippen LogP contribution in [-0.2, 0) is 38.6 Å². The molecule has 2 aliphatic heterocycles. The Morgan fingerprint density at radius 2 is 1.50 bits per heavy atom. The molecule has 7 heterocycles. The normalized spacial score (nSPS) is 14.3. The summed E-state index contributed by atoms with van der Waals surface area (Å²) in [5.41, 5.74) is 15.5. The molecule has 23 heteroatoms. The fourth-order valence-electron chi connectivity index (χ4n) is 10.5. The van der Waals surface area contributed by atoms with Gasteiger partial charge in [-0.05, 0) is 118 Å². The number of hydrogen-bond donors (Lipinski definition) is 11. The van der Waals surface area contributed by atoms with E-state index >= 15 is 0 Å². The highest BCUT2D eigenvalue weighted by Gasteiger charge is 2.34. The molecule has 0 spiro atoms. The number of nitrogens with two attached hydrogens (primary N) is 1. The number of benzene rings is 1. The molecule has 8 bridgehead atoms. The van der Waals surface area contributed by atoms with Crippen LogP contribution in [0.1, 0.15) is 155 Å². The maximum absolute atomic E-state index is 13.5. The van der Waals surface area contributed by atoms with Gasteiger partial charge < -0.3 is 52.3 Å². The lowest BCUT2D eigenvalue weighted by molar-refractivity contribution is -0.139. The molecular weight excluding hydrogens is 1050 g/mol. The summed E-state index contributed by atoms with van der Waals surface area (Å²) in [5, 5.41) is 42.3. The predicted molar refractivity (Wildman–Crippen MR) is 310 cm³/mol. The molecule has 3 unspecified atom stereocenters. The van der Waals surface area contributed by atoms with Crippen LogP contribution in [0.25, 0.3) is 44.4 Å². The summed E-state index contributed by atoms with van der Waals surface area (Å²) in [4.78, 5) is 121. The van der Waals surface area contributed by atoms with Gasteiger partial charge in [-0.1, -0.05) is 39.3 Å². The minimum atomic E-state index is -1.31. The third-order valence-corrected chi connectivity index (χ3v) is 15.1. The van der Waals surface area contributed by atoms with Gasteiger partial charge in [-0.2, -0.15) is 4.98 Å². The Labute approximate surface area is 470 Å². The number of unbranched alkanes of at least 4 members (excludes halogenated alkanes) is 3. The van der Waals surface area contributed by atoms with E-state index in [0.29, 0.717) is 84.0 Å². The van der Waals surface area contributed by atoms with Gasteiger partial charge in [-0.3, -0.25) is 33.9 Å². The van der Waals surface area contributed by atoms with Crippen molar-refractivity contribution >= 4 is 91.6 Å². The van der Waals surface area contributed by atoms with Crippen molar-refractivity contribution < 1.29 is 44.1 Å². The van der Waals surface area contributed by atoms with Crippen LogP contribution in [0.4, 0.5) is 11.6 Å². The molecule has 0 radical (unpaired) electrons. The van der Waals surface area contributed by atoms with Crippen LogP contribution in [0.3, 0.4) is 0 Å². The van der Waals surface area contributed by atoms with Gasteiger partial charge in [-0.15, -0.1) is 0 Å². The number of fused-ring (bicyclic) bond motifs is 9. The van der Waals surface area contributed by atoms with Crippen LogP contribution in [0.15, 0.2) is 66.1 Å². The molecule has 12 N–H and O–H groups in total. The van der Waals surface area contributed by atoms with Crippen molar-refractivity contribution in [2.75, 3.05) is 24.1 Å². The summed E-state index contributed by atoms with van der Waals surface area (Å²) in [5.74, 6) is -5.71. The van der Waals surface area contributed by atoms with E-state index in [4.69, 9.17) is 15.7 Å². The molecule has 0 saturated heterocycles. The maximum Gasteiger partial charge on any atom is 0.338 e.